The summed E-state index contributed by atoms with van der Waals surface area (Å²) in [7, 11) is 0. The van der Waals surface area contributed by atoms with Crippen molar-refractivity contribution < 1.29 is 14.3 Å². The number of amides is 2. The highest BCUT2D eigenvalue weighted by Gasteiger charge is 2.42. The van der Waals surface area contributed by atoms with E-state index in [2.05, 4.69) is 5.32 Å². The number of aliphatic imine (C=N–C) groups is 1. The van der Waals surface area contributed by atoms with E-state index in [1.807, 2.05) is 19.9 Å². The van der Waals surface area contributed by atoms with Crippen molar-refractivity contribution in [3.8, 4) is 6.07 Å². The second-order valence-electron chi connectivity index (χ2n) is 8.86. The van der Waals surface area contributed by atoms with Crippen molar-refractivity contribution in [1.82, 2.24) is 4.90 Å². The highest BCUT2D eigenvalue weighted by molar-refractivity contribution is 6.35. The zero-order valence-electron chi connectivity index (χ0n) is 19.0. The molecule has 2 aromatic carbocycles. The van der Waals surface area contributed by atoms with Gasteiger partial charge in [-0.25, -0.2) is 4.99 Å². The maximum Gasteiger partial charge on any atom is 0.255 e. The van der Waals surface area contributed by atoms with Crippen LogP contribution in [0.1, 0.15) is 54.6 Å². The number of hydrogen-bond donors (Lipinski definition) is 2. The maximum absolute atomic E-state index is 13.2. The zero-order chi connectivity index (χ0) is 24.5. The minimum atomic E-state index is -0.979. The van der Waals surface area contributed by atoms with Crippen molar-refractivity contribution >= 4 is 35.1 Å². The van der Waals surface area contributed by atoms with Gasteiger partial charge in [-0.1, -0.05) is 29.8 Å². The van der Waals surface area contributed by atoms with Crippen LogP contribution in [0, 0.1) is 11.3 Å². The van der Waals surface area contributed by atoms with Gasteiger partial charge in [0.25, 0.3) is 5.91 Å². The third kappa shape index (κ3) is 4.63. The van der Waals surface area contributed by atoms with E-state index in [9.17, 15) is 9.59 Å². The smallest absolute Gasteiger partial charge is 0.255 e. The Bertz CT molecular complexity index is 1210. The average molecular weight is 480 g/mol. The molecule has 0 aromatic heterocycles. The molecule has 2 amide bonds. The molecule has 4 rings (SSSR count). The summed E-state index contributed by atoms with van der Waals surface area (Å²) < 4.78 is 5.60. The molecule has 3 atom stereocenters. The fourth-order valence-corrected chi connectivity index (χ4v) is 4.95. The molecule has 0 aliphatic carbocycles. The summed E-state index contributed by atoms with van der Waals surface area (Å²) in [5.41, 5.74) is 7.02. The minimum Gasteiger partial charge on any atom is -0.378 e. The first-order valence-corrected chi connectivity index (χ1v) is 11.5. The molecule has 0 spiro atoms. The monoisotopic (exact) mass is 479 g/mol. The normalized spacial score (nSPS) is 24.8. The Morgan fingerprint density at radius 3 is 2.82 bits per heavy atom. The van der Waals surface area contributed by atoms with Crippen molar-refractivity contribution in [2.24, 2.45) is 10.7 Å². The van der Waals surface area contributed by atoms with Crippen LogP contribution in [-0.2, 0) is 15.1 Å². The van der Waals surface area contributed by atoms with Crippen molar-refractivity contribution in [2.45, 2.75) is 50.8 Å². The predicted octanol–water partition coefficient (Wildman–Crippen LogP) is 3.79. The first-order valence-electron chi connectivity index (χ1n) is 11.1. The van der Waals surface area contributed by atoms with Crippen LogP contribution in [0.2, 0.25) is 5.02 Å². The molecule has 0 bridgehead atoms. The van der Waals surface area contributed by atoms with Crippen molar-refractivity contribution in [1.29, 1.82) is 5.26 Å². The number of nitrogens with two attached hydrogens (primary N) is 1. The molecule has 34 heavy (non-hydrogen) atoms. The molecule has 176 valence electrons. The first-order chi connectivity index (χ1) is 16.2. The molecule has 2 heterocycles. The van der Waals surface area contributed by atoms with Gasteiger partial charge in [0, 0.05) is 23.8 Å². The number of hydrogen-bond acceptors (Lipinski definition) is 6. The van der Waals surface area contributed by atoms with Gasteiger partial charge in [0.05, 0.1) is 40.4 Å². The summed E-state index contributed by atoms with van der Waals surface area (Å²) in [6, 6.07) is 13.6. The van der Waals surface area contributed by atoms with E-state index in [0.717, 1.165) is 0 Å². The van der Waals surface area contributed by atoms with Gasteiger partial charge < -0.3 is 15.8 Å². The van der Waals surface area contributed by atoms with E-state index in [-0.39, 0.29) is 35.5 Å². The molecule has 2 aliphatic rings. The molecule has 2 aliphatic heterocycles. The van der Waals surface area contributed by atoms with E-state index in [0.29, 0.717) is 41.8 Å². The molecule has 2 aromatic rings. The highest BCUT2D eigenvalue weighted by Crippen LogP contribution is 2.41. The minimum absolute atomic E-state index is 0.0465. The number of anilines is 1. The average Bonchev–Trinajstić information content (AvgIpc) is 2.80. The van der Waals surface area contributed by atoms with Gasteiger partial charge in [0.1, 0.15) is 0 Å². The molecule has 9 heteroatoms. The van der Waals surface area contributed by atoms with Gasteiger partial charge in [-0.05, 0) is 51.0 Å². The van der Waals surface area contributed by atoms with E-state index in [1.54, 1.807) is 41.3 Å². The lowest BCUT2D eigenvalue weighted by Crippen LogP contribution is -2.56. The van der Waals surface area contributed by atoms with Crippen LogP contribution < -0.4 is 11.1 Å². The number of guanidine groups is 1. The van der Waals surface area contributed by atoms with Crippen LogP contribution in [0.5, 0.6) is 0 Å². The summed E-state index contributed by atoms with van der Waals surface area (Å²) in [5, 5.41) is 12.2. The molecule has 1 saturated heterocycles. The lowest BCUT2D eigenvalue weighted by Gasteiger charge is -2.41. The molecular weight excluding hydrogens is 454 g/mol. The Hall–Kier alpha value is -3.41. The van der Waals surface area contributed by atoms with E-state index < -0.39 is 11.4 Å². The second kappa shape index (κ2) is 9.45. The lowest BCUT2D eigenvalue weighted by atomic mass is 9.86. The molecule has 0 saturated carbocycles. The number of carbonyl (C=O) groups excluding carboxylic acids is 2. The Kier molecular flexibility index (Phi) is 6.60. The SMILES string of the molecule is C[C@H]1C[C@@H](N2C(=O)C[C@@](C)(c3cccc(NC(=O)c4cccc(C#N)c4)c3Cl)N=C2N)CCO1. The van der Waals surface area contributed by atoms with Gasteiger partial charge >= 0.3 is 0 Å². The Morgan fingerprint density at radius 2 is 2.12 bits per heavy atom. The fourth-order valence-electron chi connectivity index (χ4n) is 4.58. The van der Waals surface area contributed by atoms with Crippen LogP contribution >= 0.6 is 11.6 Å². The number of nitrogens with one attached hydrogen (secondary N) is 1. The third-order valence-electron chi connectivity index (χ3n) is 6.28. The van der Waals surface area contributed by atoms with Gasteiger partial charge in [-0.3, -0.25) is 14.5 Å². The molecule has 3 N–H and O–H groups in total. The second-order valence-corrected chi connectivity index (χ2v) is 9.24. The van der Waals surface area contributed by atoms with Crippen LogP contribution in [0.4, 0.5) is 5.69 Å². The topological polar surface area (TPSA) is 121 Å². The van der Waals surface area contributed by atoms with E-state index >= 15 is 0 Å². The summed E-state index contributed by atoms with van der Waals surface area (Å²) in [6.45, 7) is 4.37. The molecular formula is C25H26ClN5O3. The maximum atomic E-state index is 13.2. The quantitative estimate of drug-likeness (QED) is 0.691. The fraction of sp³-hybridized carbons (Fsp3) is 0.360. The number of halogens is 1. The number of rotatable bonds is 4. The standard InChI is InChI=1S/C25H26ClN5O3/c1-15-11-18(9-10-34-15)31-21(32)13-25(2,30-24(31)28)19-7-4-8-20(22(19)26)29-23(33)17-6-3-5-16(12-17)14-27/h3-8,12,15,18H,9-11,13H2,1-2H3,(H2,28,30)(H,29,33)/t15-,18-,25-/m0/s1. The number of ether oxygens (including phenoxy) is 1. The lowest BCUT2D eigenvalue weighted by molar-refractivity contribution is -0.133. The Labute approximate surface area is 203 Å². The molecule has 0 unspecified atom stereocenters. The number of nitriles is 1. The van der Waals surface area contributed by atoms with Crippen LogP contribution in [0.15, 0.2) is 47.5 Å². The van der Waals surface area contributed by atoms with Crippen LogP contribution in [0.25, 0.3) is 0 Å². The summed E-state index contributed by atoms with van der Waals surface area (Å²) in [4.78, 5) is 32.2. The van der Waals surface area contributed by atoms with Gasteiger partial charge in [0.15, 0.2) is 5.96 Å². The summed E-state index contributed by atoms with van der Waals surface area (Å²) in [5.74, 6) is -0.353. The predicted molar refractivity (Wildman–Crippen MR) is 129 cm³/mol. The van der Waals surface area contributed by atoms with Crippen molar-refractivity contribution in [3.05, 3.63) is 64.2 Å². The van der Waals surface area contributed by atoms with Crippen LogP contribution in [0.3, 0.4) is 0 Å². The summed E-state index contributed by atoms with van der Waals surface area (Å²) >= 11 is 6.70. The molecule has 8 nitrogen and oxygen atoms in total. The summed E-state index contributed by atoms with van der Waals surface area (Å²) in [6.07, 6.45) is 1.56. The Balaban J connectivity index is 1.61. The zero-order valence-corrected chi connectivity index (χ0v) is 19.8. The number of nitrogens with zero attached hydrogens (tertiary/aromatic N) is 3. The van der Waals surface area contributed by atoms with E-state index in [1.165, 1.54) is 6.07 Å². The number of carbonyl (C=O) groups is 2. The third-order valence-corrected chi connectivity index (χ3v) is 6.68. The van der Waals surface area contributed by atoms with E-state index in [4.69, 9.17) is 32.3 Å². The Morgan fingerprint density at radius 1 is 1.35 bits per heavy atom. The first kappa shape index (κ1) is 23.7. The van der Waals surface area contributed by atoms with Crippen LogP contribution in [-0.4, -0.2) is 41.4 Å². The highest BCUT2D eigenvalue weighted by atomic mass is 35.5. The van der Waals surface area contributed by atoms with Crippen molar-refractivity contribution in [3.63, 3.8) is 0 Å². The largest absolute Gasteiger partial charge is 0.378 e. The van der Waals surface area contributed by atoms with Gasteiger partial charge in [-0.15, -0.1) is 0 Å². The van der Waals surface area contributed by atoms with Crippen molar-refractivity contribution in [2.75, 3.05) is 11.9 Å². The van der Waals surface area contributed by atoms with Gasteiger partial charge in [0.2, 0.25) is 5.91 Å². The van der Waals surface area contributed by atoms with Gasteiger partial charge in [-0.2, -0.15) is 5.26 Å². The molecule has 1 fully saturated rings. The number of benzene rings is 2. The molecule has 0 radical (unpaired) electrons.